The van der Waals surface area contributed by atoms with Gasteiger partial charge in [-0.05, 0) is 42.9 Å². The molecule has 3 aliphatic rings. The second-order valence-electron chi connectivity index (χ2n) is 6.39. The molecule has 2 N–H and O–H groups in total. The van der Waals surface area contributed by atoms with E-state index in [0.29, 0.717) is 0 Å². The van der Waals surface area contributed by atoms with Crippen LogP contribution in [0.4, 0.5) is 0 Å². The first-order chi connectivity index (χ1) is 10.4. The molecule has 1 aromatic carbocycles. The Morgan fingerprint density at radius 1 is 1.05 bits per heavy atom. The summed E-state index contributed by atoms with van der Waals surface area (Å²) in [5.41, 5.74) is 8.66. The maximum Gasteiger partial charge on any atom is 0.160 e. The Kier molecular flexibility index (Phi) is 2.33. The van der Waals surface area contributed by atoms with E-state index in [0.717, 1.165) is 6.54 Å². The SMILES string of the molecule is C1=C[NH+]2CC3=C(C=C2c2[nH]c4ccccc4c21)CCCC3. The van der Waals surface area contributed by atoms with Crippen LogP contribution in [0.2, 0.25) is 0 Å². The van der Waals surface area contributed by atoms with Crippen molar-refractivity contribution in [3.8, 4) is 0 Å². The first kappa shape index (κ1) is 11.6. The third-order valence-electron chi connectivity index (χ3n) is 5.16. The molecule has 0 fully saturated rings. The van der Waals surface area contributed by atoms with E-state index in [-0.39, 0.29) is 0 Å². The maximum absolute atomic E-state index is 3.65. The molecule has 0 saturated heterocycles. The fourth-order valence-corrected chi connectivity index (χ4v) is 4.07. The summed E-state index contributed by atoms with van der Waals surface area (Å²) in [5.74, 6) is 0. The van der Waals surface area contributed by atoms with Crippen molar-refractivity contribution >= 4 is 22.7 Å². The summed E-state index contributed by atoms with van der Waals surface area (Å²) in [6.45, 7) is 1.16. The van der Waals surface area contributed by atoms with E-state index in [2.05, 4.69) is 47.6 Å². The van der Waals surface area contributed by atoms with Crippen molar-refractivity contribution < 1.29 is 4.90 Å². The number of fused-ring (bicyclic) bond motifs is 5. The van der Waals surface area contributed by atoms with E-state index in [1.54, 1.807) is 11.1 Å². The van der Waals surface area contributed by atoms with Crippen LogP contribution in [-0.2, 0) is 0 Å². The van der Waals surface area contributed by atoms with Gasteiger partial charge in [0.25, 0.3) is 0 Å². The van der Waals surface area contributed by atoms with Crippen molar-refractivity contribution in [1.82, 2.24) is 4.98 Å². The highest BCUT2D eigenvalue weighted by Crippen LogP contribution is 2.33. The predicted octanol–water partition coefficient (Wildman–Crippen LogP) is 3.26. The van der Waals surface area contributed by atoms with Crippen molar-refractivity contribution in [3.05, 3.63) is 58.9 Å². The lowest BCUT2D eigenvalue weighted by atomic mass is 9.87. The highest BCUT2D eigenvalue weighted by atomic mass is 15.1. The molecule has 21 heavy (non-hydrogen) atoms. The monoisotopic (exact) mass is 275 g/mol. The average Bonchev–Trinajstić information content (AvgIpc) is 2.92. The summed E-state index contributed by atoms with van der Waals surface area (Å²) >= 11 is 0. The third kappa shape index (κ3) is 1.63. The van der Waals surface area contributed by atoms with E-state index in [4.69, 9.17) is 0 Å². The van der Waals surface area contributed by atoms with Gasteiger partial charge >= 0.3 is 0 Å². The van der Waals surface area contributed by atoms with Gasteiger partial charge in [-0.1, -0.05) is 18.2 Å². The van der Waals surface area contributed by atoms with Gasteiger partial charge in [-0.2, -0.15) is 0 Å². The van der Waals surface area contributed by atoms with Gasteiger partial charge in [-0.3, -0.25) is 4.90 Å². The van der Waals surface area contributed by atoms with Crippen LogP contribution in [0.1, 0.15) is 36.9 Å². The number of aromatic nitrogens is 1. The van der Waals surface area contributed by atoms with Gasteiger partial charge in [0.1, 0.15) is 18.4 Å². The molecule has 1 aliphatic carbocycles. The molecule has 1 aromatic heterocycles. The molecule has 1 atom stereocenters. The second kappa shape index (κ2) is 4.22. The van der Waals surface area contributed by atoms with Crippen LogP contribution in [0.3, 0.4) is 0 Å². The smallest absolute Gasteiger partial charge is 0.160 e. The topological polar surface area (TPSA) is 20.2 Å². The highest BCUT2D eigenvalue weighted by Gasteiger charge is 2.31. The van der Waals surface area contributed by atoms with Crippen LogP contribution in [0.5, 0.6) is 0 Å². The first-order valence-electron chi connectivity index (χ1n) is 7.98. The second-order valence-corrected chi connectivity index (χ2v) is 6.39. The van der Waals surface area contributed by atoms with E-state index in [1.807, 2.05) is 0 Å². The summed E-state index contributed by atoms with van der Waals surface area (Å²) in [5, 5.41) is 1.34. The van der Waals surface area contributed by atoms with Crippen LogP contribution in [-0.4, -0.2) is 11.5 Å². The van der Waals surface area contributed by atoms with Crippen LogP contribution in [0, 0.1) is 0 Å². The number of H-pyrrole nitrogens is 1. The largest absolute Gasteiger partial charge is 0.350 e. The quantitative estimate of drug-likeness (QED) is 0.736. The molecule has 0 spiro atoms. The minimum Gasteiger partial charge on any atom is -0.350 e. The number of para-hydroxylation sites is 1. The zero-order valence-corrected chi connectivity index (χ0v) is 12.1. The standard InChI is InChI=1S/C19H18N2/c1-2-6-14-12-21-10-9-16-15-7-3-4-8-17(15)20-19(16)18(21)11-13(14)5-1/h3-4,7-11,20H,1-2,5-6,12H2/p+1. The minimum absolute atomic E-state index is 1.16. The lowest BCUT2D eigenvalue weighted by molar-refractivity contribution is -0.762. The van der Waals surface area contributed by atoms with Gasteiger partial charge in [-0.15, -0.1) is 0 Å². The number of rotatable bonds is 0. The fraction of sp³-hybridized carbons (Fsp3) is 0.263. The van der Waals surface area contributed by atoms with E-state index < -0.39 is 0 Å². The molecule has 5 rings (SSSR count). The molecule has 0 saturated carbocycles. The van der Waals surface area contributed by atoms with Crippen molar-refractivity contribution in [2.24, 2.45) is 0 Å². The number of hydrogen-bond donors (Lipinski definition) is 2. The lowest BCUT2D eigenvalue weighted by Gasteiger charge is -2.29. The van der Waals surface area contributed by atoms with Gasteiger partial charge in [0.2, 0.25) is 0 Å². The van der Waals surface area contributed by atoms with E-state index in [9.17, 15) is 0 Å². The normalized spacial score (nSPS) is 23.6. The molecule has 3 heterocycles. The molecule has 104 valence electrons. The van der Waals surface area contributed by atoms with Gasteiger partial charge in [-0.25, -0.2) is 0 Å². The molecule has 0 radical (unpaired) electrons. The number of hydrogen-bond acceptors (Lipinski definition) is 0. The highest BCUT2D eigenvalue weighted by molar-refractivity contribution is 5.95. The van der Waals surface area contributed by atoms with Gasteiger partial charge in [0.15, 0.2) is 5.70 Å². The Morgan fingerprint density at radius 3 is 2.95 bits per heavy atom. The Balaban J connectivity index is 1.73. The molecular formula is C19H19N2+. The summed E-state index contributed by atoms with van der Waals surface area (Å²) in [6.07, 6.45) is 12.4. The van der Waals surface area contributed by atoms with Crippen molar-refractivity contribution in [2.45, 2.75) is 25.7 Å². The Morgan fingerprint density at radius 2 is 1.95 bits per heavy atom. The zero-order chi connectivity index (χ0) is 13.8. The number of allylic oxidation sites excluding steroid dienone is 2. The fourth-order valence-electron chi connectivity index (χ4n) is 4.07. The molecule has 2 aliphatic heterocycles. The maximum atomic E-state index is 3.65. The molecular weight excluding hydrogens is 256 g/mol. The lowest BCUT2D eigenvalue weighted by Crippen LogP contribution is -3.06. The summed E-state index contributed by atoms with van der Waals surface area (Å²) in [7, 11) is 0. The van der Waals surface area contributed by atoms with E-state index in [1.165, 1.54) is 58.4 Å². The van der Waals surface area contributed by atoms with E-state index >= 15 is 0 Å². The molecule has 0 amide bonds. The van der Waals surface area contributed by atoms with Gasteiger partial charge in [0.05, 0.1) is 0 Å². The van der Waals surface area contributed by atoms with Crippen LogP contribution < -0.4 is 4.90 Å². The Hall–Kier alpha value is -2.06. The average molecular weight is 275 g/mol. The van der Waals surface area contributed by atoms with Gasteiger partial charge < -0.3 is 4.98 Å². The molecule has 0 bridgehead atoms. The van der Waals surface area contributed by atoms with Crippen LogP contribution in [0.15, 0.2) is 47.7 Å². The molecule has 1 unspecified atom stereocenters. The summed E-state index contributed by atoms with van der Waals surface area (Å²) < 4.78 is 0. The number of quaternary nitrogens is 1. The zero-order valence-electron chi connectivity index (χ0n) is 12.1. The number of aromatic amines is 1. The molecule has 2 aromatic rings. The van der Waals surface area contributed by atoms with Crippen molar-refractivity contribution in [2.75, 3.05) is 6.54 Å². The van der Waals surface area contributed by atoms with Crippen molar-refractivity contribution in [3.63, 3.8) is 0 Å². The Labute approximate surface area is 124 Å². The van der Waals surface area contributed by atoms with Crippen molar-refractivity contribution in [1.29, 1.82) is 0 Å². The predicted molar refractivity (Wildman–Crippen MR) is 86.6 cm³/mol. The van der Waals surface area contributed by atoms with Gasteiger partial charge in [0, 0.05) is 28.6 Å². The van der Waals surface area contributed by atoms with Crippen LogP contribution in [0.25, 0.3) is 22.7 Å². The molecule has 2 heteroatoms. The van der Waals surface area contributed by atoms with Crippen LogP contribution >= 0.6 is 0 Å². The number of nitrogens with one attached hydrogen (secondary N) is 2. The first-order valence-corrected chi connectivity index (χ1v) is 7.98. The summed E-state index contributed by atoms with van der Waals surface area (Å²) in [6, 6.07) is 8.63. The summed E-state index contributed by atoms with van der Waals surface area (Å²) in [4.78, 5) is 5.14. The minimum atomic E-state index is 1.16. The molecule has 2 nitrogen and oxygen atoms in total. The number of benzene rings is 1. The third-order valence-corrected chi connectivity index (χ3v) is 5.16. The Bertz CT molecular complexity index is 832.